The van der Waals surface area contributed by atoms with E-state index in [2.05, 4.69) is 0 Å². The molecule has 0 aliphatic carbocycles. The van der Waals surface area contributed by atoms with Gasteiger partial charge in [0.1, 0.15) is 5.56 Å². The van der Waals surface area contributed by atoms with Crippen LogP contribution >= 0.6 is 0 Å². The van der Waals surface area contributed by atoms with Crippen LogP contribution in [0.25, 0.3) is 0 Å². The molecule has 0 bridgehead atoms. The minimum atomic E-state index is -1.15. The summed E-state index contributed by atoms with van der Waals surface area (Å²) in [6.07, 6.45) is 1.85. The van der Waals surface area contributed by atoms with Crippen molar-refractivity contribution in [3.05, 3.63) is 22.3 Å². The van der Waals surface area contributed by atoms with E-state index in [1.807, 2.05) is 20.8 Å². The first-order chi connectivity index (χ1) is 9.53. The standard InChI is InChI=1S/C15H22O5/c1-5-9-10(6-2)12(15(17)18)13(16)14(11(9)7-3)20-19-8-4/h16H,5-8H2,1-4H3,(H,17,18). The monoisotopic (exact) mass is 282 g/mol. The van der Waals surface area contributed by atoms with Crippen molar-refractivity contribution in [3.8, 4) is 11.5 Å². The van der Waals surface area contributed by atoms with Crippen molar-refractivity contribution in [1.82, 2.24) is 0 Å². The highest BCUT2D eigenvalue weighted by atomic mass is 17.2. The van der Waals surface area contributed by atoms with Crippen molar-refractivity contribution in [2.75, 3.05) is 6.61 Å². The number of hydrogen-bond donors (Lipinski definition) is 2. The molecular formula is C15H22O5. The summed E-state index contributed by atoms with van der Waals surface area (Å²) in [4.78, 5) is 21.5. The molecule has 0 fully saturated rings. The van der Waals surface area contributed by atoms with Gasteiger partial charge in [-0.1, -0.05) is 20.8 Å². The number of rotatable bonds is 7. The minimum Gasteiger partial charge on any atom is -0.504 e. The van der Waals surface area contributed by atoms with Gasteiger partial charge >= 0.3 is 5.97 Å². The normalized spacial score (nSPS) is 10.6. The van der Waals surface area contributed by atoms with E-state index < -0.39 is 5.97 Å². The van der Waals surface area contributed by atoms with E-state index in [1.54, 1.807) is 6.92 Å². The molecule has 0 amide bonds. The minimum absolute atomic E-state index is 0.0868. The van der Waals surface area contributed by atoms with Gasteiger partial charge in [-0.15, -0.1) is 0 Å². The first-order valence-corrected chi connectivity index (χ1v) is 6.95. The zero-order chi connectivity index (χ0) is 15.3. The van der Waals surface area contributed by atoms with Crippen LogP contribution in [0, 0.1) is 0 Å². The summed E-state index contributed by atoms with van der Waals surface area (Å²) in [5.41, 5.74) is 2.30. The Labute approximate surface area is 119 Å². The summed E-state index contributed by atoms with van der Waals surface area (Å²) >= 11 is 0. The van der Waals surface area contributed by atoms with Crippen molar-refractivity contribution < 1.29 is 24.8 Å². The molecule has 0 heterocycles. The van der Waals surface area contributed by atoms with Crippen LogP contribution in [0.1, 0.15) is 54.7 Å². The van der Waals surface area contributed by atoms with Gasteiger partial charge in [0.05, 0.1) is 6.61 Å². The summed E-state index contributed by atoms with van der Waals surface area (Å²) in [6.45, 7) is 7.83. The Bertz CT molecular complexity index is 494. The Balaban J connectivity index is 3.65. The highest BCUT2D eigenvalue weighted by Crippen LogP contribution is 2.40. The number of benzene rings is 1. The molecule has 0 unspecified atom stereocenters. The lowest BCUT2D eigenvalue weighted by Gasteiger charge is -2.20. The van der Waals surface area contributed by atoms with E-state index in [1.165, 1.54) is 0 Å². The molecule has 20 heavy (non-hydrogen) atoms. The number of carbonyl (C=O) groups is 1. The average molecular weight is 282 g/mol. The second kappa shape index (κ2) is 7.14. The Morgan fingerprint density at radius 1 is 1.00 bits per heavy atom. The molecule has 0 radical (unpaired) electrons. The maximum Gasteiger partial charge on any atom is 0.339 e. The highest BCUT2D eigenvalue weighted by molar-refractivity contribution is 5.94. The Hall–Kier alpha value is -1.75. The van der Waals surface area contributed by atoms with Crippen LogP contribution in [-0.4, -0.2) is 22.8 Å². The summed E-state index contributed by atoms with van der Waals surface area (Å²) in [5, 5.41) is 19.6. The smallest absolute Gasteiger partial charge is 0.339 e. The summed E-state index contributed by atoms with van der Waals surface area (Å²) < 4.78 is 0. The molecule has 0 aromatic heterocycles. The predicted octanol–water partition coefficient (Wildman–Crippen LogP) is 3.11. The SMILES string of the molecule is CCOOc1c(O)c(C(=O)O)c(CC)c(CC)c1CC. The molecule has 5 nitrogen and oxygen atoms in total. The van der Waals surface area contributed by atoms with Crippen molar-refractivity contribution in [1.29, 1.82) is 0 Å². The maximum atomic E-state index is 11.4. The fraction of sp³-hybridized carbons (Fsp3) is 0.533. The molecule has 0 atom stereocenters. The molecule has 112 valence electrons. The lowest BCUT2D eigenvalue weighted by molar-refractivity contribution is -0.203. The summed E-state index contributed by atoms with van der Waals surface area (Å²) in [6, 6.07) is 0. The number of aromatic carboxylic acids is 1. The first-order valence-electron chi connectivity index (χ1n) is 6.95. The fourth-order valence-electron chi connectivity index (χ4n) is 2.50. The van der Waals surface area contributed by atoms with Gasteiger partial charge in [-0.25, -0.2) is 4.79 Å². The van der Waals surface area contributed by atoms with Gasteiger partial charge in [0, 0.05) is 5.56 Å². The van der Waals surface area contributed by atoms with Crippen molar-refractivity contribution in [2.24, 2.45) is 0 Å². The van der Waals surface area contributed by atoms with Crippen LogP contribution in [0.3, 0.4) is 0 Å². The predicted molar refractivity (Wildman–Crippen MR) is 75.5 cm³/mol. The summed E-state index contributed by atoms with van der Waals surface area (Å²) in [7, 11) is 0. The molecule has 0 saturated carbocycles. The molecule has 1 rings (SSSR count). The number of carboxylic acids is 1. The molecule has 0 aliphatic heterocycles. The van der Waals surface area contributed by atoms with E-state index in [-0.39, 0.29) is 17.1 Å². The van der Waals surface area contributed by atoms with Crippen molar-refractivity contribution in [2.45, 2.75) is 47.0 Å². The van der Waals surface area contributed by atoms with E-state index in [9.17, 15) is 15.0 Å². The van der Waals surface area contributed by atoms with Crippen LogP contribution in [0.5, 0.6) is 11.5 Å². The van der Waals surface area contributed by atoms with Gasteiger partial charge in [0.15, 0.2) is 5.75 Å². The zero-order valence-electron chi connectivity index (χ0n) is 12.4. The van der Waals surface area contributed by atoms with Gasteiger partial charge in [0.2, 0.25) is 5.75 Å². The molecule has 0 aliphatic rings. The molecule has 0 saturated heterocycles. The fourth-order valence-corrected chi connectivity index (χ4v) is 2.50. The maximum absolute atomic E-state index is 11.4. The number of hydrogen-bond acceptors (Lipinski definition) is 4. The second-order valence-corrected chi connectivity index (χ2v) is 4.34. The number of carboxylic acid groups (broad SMARTS) is 1. The Morgan fingerprint density at radius 3 is 1.95 bits per heavy atom. The van der Waals surface area contributed by atoms with Crippen molar-refractivity contribution in [3.63, 3.8) is 0 Å². The molecule has 2 N–H and O–H groups in total. The van der Waals surface area contributed by atoms with Gasteiger partial charge in [-0.3, -0.25) is 0 Å². The zero-order valence-corrected chi connectivity index (χ0v) is 12.4. The number of phenols is 1. The van der Waals surface area contributed by atoms with Crippen LogP contribution in [0.15, 0.2) is 0 Å². The topological polar surface area (TPSA) is 76.0 Å². The van der Waals surface area contributed by atoms with Crippen LogP contribution in [-0.2, 0) is 24.2 Å². The van der Waals surface area contributed by atoms with E-state index in [4.69, 9.17) is 9.78 Å². The molecule has 1 aromatic carbocycles. The van der Waals surface area contributed by atoms with Gasteiger partial charge < -0.3 is 15.1 Å². The molecule has 0 spiro atoms. The van der Waals surface area contributed by atoms with Crippen LogP contribution < -0.4 is 4.89 Å². The first kappa shape index (κ1) is 16.3. The second-order valence-electron chi connectivity index (χ2n) is 4.34. The van der Waals surface area contributed by atoms with Gasteiger partial charge in [-0.2, -0.15) is 4.89 Å². The van der Waals surface area contributed by atoms with Crippen LogP contribution in [0.2, 0.25) is 0 Å². The van der Waals surface area contributed by atoms with Gasteiger partial charge in [0.25, 0.3) is 0 Å². The molecule has 5 heteroatoms. The Morgan fingerprint density at radius 2 is 1.55 bits per heavy atom. The van der Waals surface area contributed by atoms with Crippen molar-refractivity contribution >= 4 is 5.97 Å². The average Bonchev–Trinajstić information content (AvgIpc) is 2.43. The Kier molecular flexibility index (Phi) is 5.82. The molecule has 1 aromatic rings. The highest BCUT2D eigenvalue weighted by Gasteiger charge is 2.26. The van der Waals surface area contributed by atoms with E-state index in [0.29, 0.717) is 31.4 Å². The lowest BCUT2D eigenvalue weighted by Crippen LogP contribution is -2.11. The number of aromatic hydroxyl groups is 1. The third-order valence-electron chi connectivity index (χ3n) is 3.29. The third-order valence-corrected chi connectivity index (χ3v) is 3.29. The van der Waals surface area contributed by atoms with E-state index in [0.717, 1.165) is 11.1 Å². The summed E-state index contributed by atoms with van der Waals surface area (Å²) in [5.74, 6) is -1.38. The van der Waals surface area contributed by atoms with Crippen LogP contribution in [0.4, 0.5) is 0 Å². The lowest BCUT2D eigenvalue weighted by atomic mass is 9.89. The third kappa shape index (κ3) is 2.88. The molecular weight excluding hydrogens is 260 g/mol. The largest absolute Gasteiger partial charge is 0.504 e. The van der Waals surface area contributed by atoms with E-state index >= 15 is 0 Å². The quantitative estimate of drug-likeness (QED) is 0.593. The van der Waals surface area contributed by atoms with Gasteiger partial charge in [-0.05, 0) is 37.3 Å².